The van der Waals surface area contributed by atoms with Gasteiger partial charge >= 0.3 is 0 Å². The maximum Gasteiger partial charge on any atom is 0.259 e. The monoisotopic (exact) mass is 175 g/mol. The minimum Gasteiger partial charge on any atom is -0.334 e. The van der Waals surface area contributed by atoms with Crippen molar-refractivity contribution in [1.29, 1.82) is 0 Å². The molecule has 0 aliphatic carbocycles. The molecule has 0 aliphatic rings. The number of rotatable bonds is 2. The van der Waals surface area contributed by atoms with Crippen LogP contribution in [0.15, 0.2) is 6.20 Å². The Morgan fingerprint density at radius 3 is 2.50 bits per heavy atom. The van der Waals surface area contributed by atoms with E-state index in [1.165, 1.54) is 6.20 Å². The molecule has 12 heavy (non-hydrogen) atoms. The zero-order valence-electron chi connectivity index (χ0n) is 6.96. The summed E-state index contributed by atoms with van der Waals surface area (Å²) in [6.45, 7) is 1.74. The van der Waals surface area contributed by atoms with Crippen molar-refractivity contribution >= 4 is 0 Å². The maximum absolute atomic E-state index is 12.1. The summed E-state index contributed by atoms with van der Waals surface area (Å²) in [6, 6.07) is -1.24. The summed E-state index contributed by atoms with van der Waals surface area (Å²) in [5, 5.41) is 0. The predicted octanol–water partition coefficient (Wildman–Crippen LogP) is 0.993. The molecule has 0 fully saturated rings. The maximum atomic E-state index is 12.1. The molecule has 0 spiro atoms. The van der Waals surface area contributed by atoms with Crippen molar-refractivity contribution in [1.82, 2.24) is 9.55 Å². The molecule has 1 aromatic rings. The van der Waals surface area contributed by atoms with Gasteiger partial charge in [-0.2, -0.15) is 0 Å². The molecular weight excluding hydrogens is 164 g/mol. The zero-order valence-corrected chi connectivity index (χ0v) is 6.96. The molecule has 1 aromatic heterocycles. The number of halogens is 2. The Morgan fingerprint density at radius 1 is 1.58 bits per heavy atom. The molecular formula is C7H11F2N3. The molecule has 1 heterocycles. The predicted molar refractivity (Wildman–Crippen MR) is 40.9 cm³/mol. The fourth-order valence-corrected chi connectivity index (χ4v) is 0.958. The van der Waals surface area contributed by atoms with E-state index in [9.17, 15) is 8.78 Å². The first-order valence-corrected chi connectivity index (χ1v) is 3.56. The van der Waals surface area contributed by atoms with Crippen LogP contribution in [0.4, 0.5) is 8.78 Å². The molecule has 0 aromatic carbocycles. The molecule has 1 unspecified atom stereocenters. The number of nitrogens with zero attached hydrogens (tertiary/aromatic N) is 2. The van der Waals surface area contributed by atoms with Crippen molar-refractivity contribution in [2.45, 2.75) is 19.4 Å². The quantitative estimate of drug-likeness (QED) is 0.728. The van der Waals surface area contributed by atoms with Crippen LogP contribution in [0.3, 0.4) is 0 Å². The normalized spacial score (nSPS) is 13.8. The van der Waals surface area contributed by atoms with Gasteiger partial charge in [-0.25, -0.2) is 13.8 Å². The SMILES string of the molecule is Cc1ncc(C(N)C(F)F)n1C. The summed E-state index contributed by atoms with van der Waals surface area (Å²) in [7, 11) is 1.67. The lowest BCUT2D eigenvalue weighted by Crippen LogP contribution is -2.21. The second kappa shape index (κ2) is 3.18. The van der Waals surface area contributed by atoms with Gasteiger partial charge in [0, 0.05) is 7.05 Å². The molecule has 5 heteroatoms. The topological polar surface area (TPSA) is 43.8 Å². The molecule has 0 saturated carbocycles. The summed E-state index contributed by atoms with van der Waals surface area (Å²) >= 11 is 0. The van der Waals surface area contributed by atoms with Gasteiger partial charge in [0.1, 0.15) is 11.9 Å². The average Bonchev–Trinajstić information content (AvgIpc) is 2.32. The average molecular weight is 175 g/mol. The van der Waals surface area contributed by atoms with Gasteiger partial charge in [-0.05, 0) is 6.92 Å². The van der Waals surface area contributed by atoms with Crippen LogP contribution in [0.5, 0.6) is 0 Å². The van der Waals surface area contributed by atoms with Crippen LogP contribution < -0.4 is 5.73 Å². The number of aryl methyl sites for hydroxylation is 1. The van der Waals surface area contributed by atoms with Crippen LogP contribution in [-0.4, -0.2) is 16.0 Å². The molecule has 0 radical (unpaired) electrons. The van der Waals surface area contributed by atoms with E-state index in [2.05, 4.69) is 4.98 Å². The van der Waals surface area contributed by atoms with Gasteiger partial charge in [-0.3, -0.25) is 0 Å². The van der Waals surface area contributed by atoms with E-state index < -0.39 is 12.5 Å². The number of nitrogens with two attached hydrogens (primary N) is 1. The lowest BCUT2D eigenvalue weighted by Gasteiger charge is -2.10. The van der Waals surface area contributed by atoms with Crippen LogP contribution in [0.2, 0.25) is 0 Å². The van der Waals surface area contributed by atoms with E-state index in [4.69, 9.17) is 5.73 Å². The number of hydrogen-bond acceptors (Lipinski definition) is 2. The Hall–Kier alpha value is -0.970. The fourth-order valence-electron chi connectivity index (χ4n) is 0.958. The van der Waals surface area contributed by atoms with E-state index in [1.54, 1.807) is 18.5 Å². The molecule has 1 atom stereocenters. The molecule has 68 valence electrons. The second-order valence-corrected chi connectivity index (χ2v) is 2.65. The highest BCUT2D eigenvalue weighted by Crippen LogP contribution is 2.17. The van der Waals surface area contributed by atoms with Gasteiger partial charge in [0.05, 0.1) is 11.9 Å². The van der Waals surface area contributed by atoms with E-state index in [0.717, 1.165) is 0 Å². The highest BCUT2D eigenvalue weighted by Gasteiger charge is 2.20. The Labute approximate surface area is 69.2 Å². The number of imidazole rings is 1. The molecule has 0 aliphatic heterocycles. The summed E-state index contributed by atoms with van der Waals surface area (Å²) in [6.07, 6.45) is -1.16. The summed E-state index contributed by atoms with van der Waals surface area (Å²) < 4.78 is 25.8. The van der Waals surface area contributed by atoms with Gasteiger partial charge in [0.25, 0.3) is 6.43 Å². The van der Waals surface area contributed by atoms with E-state index in [1.807, 2.05) is 0 Å². The Balaban J connectivity index is 2.95. The lowest BCUT2D eigenvalue weighted by molar-refractivity contribution is 0.113. The largest absolute Gasteiger partial charge is 0.334 e. The number of aromatic nitrogens is 2. The molecule has 1 rings (SSSR count). The van der Waals surface area contributed by atoms with Crippen LogP contribution in [-0.2, 0) is 7.05 Å². The highest BCUT2D eigenvalue weighted by atomic mass is 19.3. The van der Waals surface area contributed by atoms with Crippen LogP contribution in [0.1, 0.15) is 17.6 Å². The van der Waals surface area contributed by atoms with E-state index in [0.29, 0.717) is 11.5 Å². The first kappa shape index (κ1) is 9.12. The third-order valence-electron chi connectivity index (χ3n) is 1.87. The first-order chi connectivity index (χ1) is 5.54. The second-order valence-electron chi connectivity index (χ2n) is 2.65. The summed E-state index contributed by atoms with van der Waals surface area (Å²) in [5.41, 5.74) is 5.60. The number of hydrogen-bond donors (Lipinski definition) is 1. The van der Waals surface area contributed by atoms with Gasteiger partial charge in [-0.15, -0.1) is 0 Å². The zero-order chi connectivity index (χ0) is 9.30. The van der Waals surface area contributed by atoms with Crippen LogP contribution in [0.25, 0.3) is 0 Å². The fraction of sp³-hybridized carbons (Fsp3) is 0.571. The Kier molecular flexibility index (Phi) is 2.42. The minimum absolute atomic E-state index is 0.363. The Morgan fingerprint density at radius 2 is 2.17 bits per heavy atom. The summed E-state index contributed by atoms with van der Waals surface area (Å²) in [4.78, 5) is 3.87. The third kappa shape index (κ3) is 1.45. The third-order valence-corrected chi connectivity index (χ3v) is 1.87. The Bertz CT molecular complexity index is 270. The molecule has 3 nitrogen and oxygen atoms in total. The van der Waals surface area contributed by atoms with Crippen molar-refractivity contribution in [2.24, 2.45) is 12.8 Å². The van der Waals surface area contributed by atoms with Gasteiger partial charge in [-0.1, -0.05) is 0 Å². The lowest BCUT2D eigenvalue weighted by atomic mass is 10.2. The standard InChI is InChI=1S/C7H11F2N3/c1-4-11-3-5(12(4)2)6(10)7(8)9/h3,6-7H,10H2,1-2H3. The van der Waals surface area contributed by atoms with Crippen molar-refractivity contribution in [3.8, 4) is 0 Å². The van der Waals surface area contributed by atoms with Gasteiger partial charge in [0.2, 0.25) is 0 Å². The number of alkyl halides is 2. The highest BCUT2D eigenvalue weighted by molar-refractivity contribution is 5.09. The van der Waals surface area contributed by atoms with Gasteiger partial charge < -0.3 is 10.3 Å². The van der Waals surface area contributed by atoms with E-state index >= 15 is 0 Å². The van der Waals surface area contributed by atoms with Crippen LogP contribution in [0, 0.1) is 6.92 Å². The molecule has 2 N–H and O–H groups in total. The van der Waals surface area contributed by atoms with Crippen LogP contribution >= 0.6 is 0 Å². The van der Waals surface area contributed by atoms with Crippen molar-refractivity contribution in [3.05, 3.63) is 17.7 Å². The van der Waals surface area contributed by atoms with E-state index in [-0.39, 0.29) is 0 Å². The first-order valence-electron chi connectivity index (χ1n) is 3.56. The van der Waals surface area contributed by atoms with Gasteiger partial charge in [0.15, 0.2) is 0 Å². The smallest absolute Gasteiger partial charge is 0.259 e. The van der Waals surface area contributed by atoms with Crippen molar-refractivity contribution in [2.75, 3.05) is 0 Å². The summed E-state index contributed by atoms with van der Waals surface area (Å²) in [5.74, 6) is 0.682. The minimum atomic E-state index is -2.54. The van der Waals surface area contributed by atoms with Crippen molar-refractivity contribution < 1.29 is 8.78 Å². The van der Waals surface area contributed by atoms with Crippen molar-refractivity contribution in [3.63, 3.8) is 0 Å². The molecule has 0 amide bonds. The molecule has 0 saturated heterocycles. The molecule has 0 bridgehead atoms.